The molecule has 1 aliphatic rings. The SMILES string of the molecule is COc1cc(/C=N/N2C(=O)c3cccc4c([N+](=O)[O-])ccc(c34)C2=O)ccc1OCC(=O)Nc1ccc(C)cc1. The second kappa shape index (κ2) is 10.7. The lowest BCUT2D eigenvalue weighted by atomic mass is 9.94. The third-order valence-corrected chi connectivity index (χ3v) is 6.26. The standard InChI is InChI=1S/C29H22N4O7/c1-17-6-9-19(10-7-17)31-26(34)16-40-24-13-8-18(14-25(24)39-2)15-30-32-28(35)21-5-3-4-20-23(33(37)38)12-11-22(27(20)21)29(32)36/h3-15H,16H2,1-2H3,(H,31,34)/b30-15+. The Balaban J connectivity index is 1.32. The van der Waals surface area contributed by atoms with E-state index >= 15 is 0 Å². The molecule has 3 amide bonds. The normalized spacial score (nSPS) is 12.6. The third kappa shape index (κ3) is 4.95. The number of methoxy groups -OCH3 is 1. The summed E-state index contributed by atoms with van der Waals surface area (Å²) >= 11 is 0. The molecular formula is C29H22N4O7. The van der Waals surface area contributed by atoms with E-state index in [9.17, 15) is 24.5 Å². The fourth-order valence-corrected chi connectivity index (χ4v) is 4.32. The predicted molar refractivity (Wildman–Crippen MR) is 147 cm³/mol. The van der Waals surface area contributed by atoms with Gasteiger partial charge in [0.15, 0.2) is 18.1 Å². The third-order valence-electron chi connectivity index (χ3n) is 6.26. The number of anilines is 1. The number of hydrazone groups is 1. The average Bonchev–Trinajstić information content (AvgIpc) is 2.95. The van der Waals surface area contributed by atoms with Gasteiger partial charge < -0.3 is 14.8 Å². The number of hydrogen-bond donors (Lipinski definition) is 1. The van der Waals surface area contributed by atoms with Crippen LogP contribution in [0.4, 0.5) is 11.4 Å². The molecule has 11 heteroatoms. The van der Waals surface area contributed by atoms with Crippen LogP contribution in [0.2, 0.25) is 0 Å². The number of nitrogens with zero attached hydrogens (tertiary/aromatic N) is 3. The summed E-state index contributed by atoms with van der Waals surface area (Å²) in [5.41, 5.74) is 2.29. The molecule has 5 rings (SSSR count). The van der Waals surface area contributed by atoms with E-state index in [1.165, 1.54) is 43.7 Å². The summed E-state index contributed by atoms with van der Waals surface area (Å²) in [5, 5.41) is 19.4. The van der Waals surface area contributed by atoms with Gasteiger partial charge in [0.05, 0.1) is 34.8 Å². The first kappa shape index (κ1) is 26.0. The lowest BCUT2D eigenvalue weighted by Gasteiger charge is -2.23. The number of benzene rings is 4. The molecule has 0 atom stereocenters. The number of aryl methyl sites for hydroxylation is 1. The smallest absolute Gasteiger partial charge is 0.282 e. The Hall–Kier alpha value is -5.58. The first-order valence-electron chi connectivity index (χ1n) is 12.1. The van der Waals surface area contributed by atoms with Crippen molar-refractivity contribution in [1.82, 2.24) is 5.01 Å². The van der Waals surface area contributed by atoms with Gasteiger partial charge in [-0.05, 0) is 61.0 Å². The van der Waals surface area contributed by atoms with Crippen LogP contribution in [-0.2, 0) is 4.79 Å². The molecule has 0 unspecified atom stereocenters. The largest absolute Gasteiger partial charge is 0.493 e. The van der Waals surface area contributed by atoms with Crippen molar-refractivity contribution in [3.8, 4) is 11.5 Å². The van der Waals surface area contributed by atoms with E-state index in [0.717, 1.165) is 10.6 Å². The van der Waals surface area contributed by atoms with Gasteiger partial charge >= 0.3 is 0 Å². The summed E-state index contributed by atoms with van der Waals surface area (Å²) in [5.74, 6) is -1.13. The van der Waals surface area contributed by atoms with E-state index in [2.05, 4.69) is 10.4 Å². The van der Waals surface area contributed by atoms with E-state index in [-0.39, 0.29) is 40.1 Å². The molecule has 40 heavy (non-hydrogen) atoms. The zero-order chi connectivity index (χ0) is 28.4. The maximum atomic E-state index is 13.1. The number of nitro groups is 1. The fraction of sp³-hybridized carbons (Fsp3) is 0.103. The van der Waals surface area contributed by atoms with Crippen LogP contribution in [0, 0.1) is 17.0 Å². The number of carbonyl (C=O) groups is 3. The van der Waals surface area contributed by atoms with Crippen LogP contribution < -0.4 is 14.8 Å². The Morgan fingerprint density at radius 2 is 1.73 bits per heavy atom. The van der Waals surface area contributed by atoms with E-state index in [0.29, 0.717) is 22.7 Å². The van der Waals surface area contributed by atoms with Crippen molar-refractivity contribution >= 4 is 46.1 Å². The van der Waals surface area contributed by atoms with Gasteiger partial charge in [-0.3, -0.25) is 24.5 Å². The highest BCUT2D eigenvalue weighted by atomic mass is 16.6. The average molecular weight is 539 g/mol. The molecule has 1 heterocycles. The van der Waals surface area contributed by atoms with Crippen molar-refractivity contribution in [2.45, 2.75) is 6.92 Å². The zero-order valence-corrected chi connectivity index (χ0v) is 21.4. The van der Waals surface area contributed by atoms with Crippen LogP contribution in [0.25, 0.3) is 10.8 Å². The molecule has 0 saturated carbocycles. The molecule has 0 aliphatic carbocycles. The van der Waals surface area contributed by atoms with Crippen LogP contribution in [0.5, 0.6) is 11.5 Å². The van der Waals surface area contributed by atoms with Gasteiger partial charge in [0.25, 0.3) is 23.4 Å². The maximum absolute atomic E-state index is 13.1. The Labute approximate surface area is 227 Å². The number of nitrogens with one attached hydrogen (secondary N) is 1. The molecule has 0 bridgehead atoms. The number of carbonyl (C=O) groups excluding carboxylic acids is 3. The quantitative estimate of drug-likeness (QED) is 0.148. The van der Waals surface area contributed by atoms with E-state index in [4.69, 9.17) is 9.47 Å². The molecule has 11 nitrogen and oxygen atoms in total. The highest BCUT2D eigenvalue weighted by Crippen LogP contribution is 2.35. The number of ether oxygens (including phenoxy) is 2. The van der Waals surface area contributed by atoms with Gasteiger partial charge in [-0.1, -0.05) is 23.8 Å². The van der Waals surface area contributed by atoms with E-state index < -0.39 is 16.7 Å². The molecule has 1 N–H and O–H groups in total. The molecule has 0 saturated heterocycles. The highest BCUT2D eigenvalue weighted by Gasteiger charge is 2.34. The minimum Gasteiger partial charge on any atom is -0.493 e. The van der Waals surface area contributed by atoms with Gasteiger partial charge in [0.2, 0.25) is 0 Å². The maximum Gasteiger partial charge on any atom is 0.282 e. The second-order valence-corrected chi connectivity index (χ2v) is 8.90. The van der Waals surface area contributed by atoms with Gasteiger partial charge in [0.1, 0.15) is 0 Å². The summed E-state index contributed by atoms with van der Waals surface area (Å²) in [6.07, 6.45) is 1.31. The van der Waals surface area contributed by atoms with Gasteiger partial charge in [-0.15, -0.1) is 0 Å². The van der Waals surface area contributed by atoms with Gasteiger partial charge in [0, 0.05) is 17.1 Å². The molecular weight excluding hydrogens is 516 g/mol. The molecule has 1 aliphatic heterocycles. The summed E-state index contributed by atoms with van der Waals surface area (Å²) in [7, 11) is 1.43. The zero-order valence-electron chi connectivity index (χ0n) is 21.4. The van der Waals surface area contributed by atoms with Crippen LogP contribution in [0.15, 0.2) is 77.9 Å². The highest BCUT2D eigenvalue weighted by molar-refractivity contribution is 6.26. The summed E-state index contributed by atoms with van der Waals surface area (Å²) in [4.78, 5) is 49.4. The van der Waals surface area contributed by atoms with E-state index in [1.807, 2.05) is 19.1 Å². The number of rotatable bonds is 8. The Bertz CT molecular complexity index is 1690. The number of non-ortho nitro benzene ring substituents is 1. The van der Waals surface area contributed by atoms with Gasteiger partial charge in [-0.2, -0.15) is 10.1 Å². The monoisotopic (exact) mass is 538 g/mol. The minimum absolute atomic E-state index is 0.137. The number of hydrogen-bond acceptors (Lipinski definition) is 8. The molecule has 4 aromatic carbocycles. The molecule has 0 aromatic heterocycles. The van der Waals surface area contributed by atoms with E-state index in [1.54, 1.807) is 30.3 Å². The lowest BCUT2D eigenvalue weighted by Crippen LogP contribution is -2.36. The number of amides is 3. The van der Waals surface area contributed by atoms with Crippen molar-refractivity contribution in [1.29, 1.82) is 0 Å². The number of imide groups is 1. The molecule has 0 spiro atoms. The lowest BCUT2D eigenvalue weighted by molar-refractivity contribution is -0.383. The van der Waals surface area contributed by atoms with Crippen molar-refractivity contribution in [3.05, 3.63) is 105 Å². The Morgan fingerprint density at radius 1 is 1.00 bits per heavy atom. The summed E-state index contributed by atoms with van der Waals surface area (Å²) in [6.45, 7) is 1.70. The first-order chi connectivity index (χ1) is 19.3. The van der Waals surface area contributed by atoms with Crippen LogP contribution in [0.1, 0.15) is 31.8 Å². The molecule has 0 radical (unpaired) electrons. The molecule has 200 valence electrons. The van der Waals surface area contributed by atoms with Crippen molar-refractivity contribution in [3.63, 3.8) is 0 Å². The van der Waals surface area contributed by atoms with Crippen LogP contribution in [-0.4, -0.2) is 47.6 Å². The van der Waals surface area contributed by atoms with Crippen molar-refractivity contribution in [2.24, 2.45) is 5.10 Å². The van der Waals surface area contributed by atoms with Crippen LogP contribution >= 0.6 is 0 Å². The van der Waals surface area contributed by atoms with Crippen molar-refractivity contribution in [2.75, 3.05) is 19.0 Å². The van der Waals surface area contributed by atoms with Crippen LogP contribution in [0.3, 0.4) is 0 Å². The molecule has 4 aromatic rings. The summed E-state index contributed by atoms with van der Waals surface area (Å²) < 4.78 is 11.0. The molecule has 0 fully saturated rings. The predicted octanol–water partition coefficient (Wildman–Crippen LogP) is 4.71. The minimum atomic E-state index is -0.702. The second-order valence-electron chi connectivity index (χ2n) is 8.90. The topological polar surface area (TPSA) is 140 Å². The number of nitro benzene ring substituents is 1. The van der Waals surface area contributed by atoms with Crippen molar-refractivity contribution < 1.29 is 28.8 Å². The summed E-state index contributed by atoms with van der Waals surface area (Å²) in [6, 6.07) is 19.2. The Morgan fingerprint density at radius 3 is 2.42 bits per heavy atom. The fourth-order valence-electron chi connectivity index (χ4n) is 4.32. The Kier molecular flexibility index (Phi) is 6.94. The first-order valence-corrected chi connectivity index (χ1v) is 12.1. The van der Waals surface area contributed by atoms with Gasteiger partial charge in [-0.25, -0.2) is 0 Å².